The minimum atomic E-state index is -0.961. The molecule has 0 unspecified atom stereocenters. The van der Waals surface area contributed by atoms with E-state index in [1.165, 1.54) is 6.20 Å². The van der Waals surface area contributed by atoms with Gasteiger partial charge >= 0.3 is 5.97 Å². The summed E-state index contributed by atoms with van der Waals surface area (Å²) < 4.78 is 0. The number of hydrogen-bond acceptors (Lipinski definition) is 4. The van der Waals surface area contributed by atoms with Gasteiger partial charge in [0.1, 0.15) is 0 Å². The number of anilines is 1. The number of carbonyl (C=O) groups is 1. The average Bonchev–Trinajstić information content (AvgIpc) is 2.39. The molecule has 1 aliphatic rings. The fourth-order valence-electron chi connectivity index (χ4n) is 2.30. The summed E-state index contributed by atoms with van der Waals surface area (Å²) in [7, 11) is 0. The van der Waals surface area contributed by atoms with Gasteiger partial charge in [-0.3, -0.25) is 4.90 Å². The Hall–Kier alpha value is -1.62. The van der Waals surface area contributed by atoms with Gasteiger partial charge in [0.2, 0.25) is 0 Å². The summed E-state index contributed by atoms with van der Waals surface area (Å²) in [6.07, 6.45) is 1.53. The van der Waals surface area contributed by atoms with E-state index in [0.29, 0.717) is 6.04 Å². The first-order valence-electron chi connectivity index (χ1n) is 6.27. The molecule has 18 heavy (non-hydrogen) atoms. The van der Waals surface area contributed by atoms with E-state index >= 15 is 0 Å². The van der Waals surface area contributed by atoms with E-state index in [0.717, 1.165) is 31.9 Å². The predicted molar refractivity (Wildman–Crippen MR) is 70.1 cm³/mol. The molecular formula is C13H19N3O2. The highest BCUT2D eigenvalue weighted by molar-refractivity contribution is 5.92. The van der Waals surface area contributed by atoms with E-state index < -0.39 is 5.97 Å². The number of pyridine rings is 1. The van der Waals surface area contributed by atoms with Crippen LogP contribution < -0.4 is 4.90 Å². The lowest BCUT2D eigenvalue weighted by atomic mass is 10.2. The van der Waals surface area contributed by atoms with Gasteiger partial charge in [0.05, 0.1) is 5.69 Å². The van der Waals surface area contributed by atoms with Crippen LogP contribution in [-0.4, -0.2) is 53.2 Å². The third-order valence-electron chi connectivity index (χ3n) is 3.37. The Morgan fingerprint density at radius 2 is 2.00 bits per heavy atom. The summed E-state index contributed by atoms with van der Waals surface area (Å²) >= 11 is 0. The second-order valence-electron chi connectivity index (χ2n) is 4.79. The van der Waals surface area contributed by atoms with Crippen molar-refractivity contribution < 1.29 is 9.90 Å². The van der Waals surface area contributed by atoms with Crippen LogP contribution in [0.15, 0.2) is 18.3 Å². The third kappa shape index (κ3) is 2.61. The van der Waals surface area contributed by atoms with Gasteiger partial charge in [-0.25, -0.2) is 9.78 Å². The molecule has 1 fully saturated rings. The lowest BCUT2D eigenvalue weighted by molar-refractivity contribution is 0.0691. The average molecular weight is 249 g/mol. The van der Waals surface area contributed by atoms with Gasteiger partial charge in [0, 0.05) is 38.4 Å². The van der Waals surface area contributed by atoms with Crippen LogP contribution in [0.25, 0.3) is 0 Å². The highest BCUT2D eigenvalue weighted by Crippen LogP contribution is 2.20. The lowest BCUT2D eigenvalue weighted by Gasteiger charge is -2.38. The molecule has 0 bridgehead atoms. The van der Waals surface area contributed by atoms with Gasteiger partial charge in [0.15, 0.2) is 5.69 Å². The second-order valence-corrected chi connectivity index (χ2v) is 4.79. The zero-order valence-electron chi connectivity index (χ0n) is 10.8. The Balaban J connectivity index is 2.12. The number of aromatic carboxylic acids is 1. The first-order chi connectivity index (χ1) is 8.59. The van der Waals surface area contributed by atoms with Gasteiger partial charge in [0.25, 0.3) is 0 Å². The van der Waals surface area contributed by atoms with Crippen LogP contribution in [-0.2, 0) is 0 Å². The number of carboxylic acids is 1. The molecule has 98 valence electrons. The van der Waals surface area contributed by atoms with E-state index in [2.05, 4.69) is 28.6 Å². The Kier molecular flexibility index (Phi) is 3.81. The highest BCUT2D eigenvalue weighted by atomic mass is 16.4. The van der Waals surface area contributed by atoms with Crippen LogP contribution in [0.4, 0.5) is 5.69 Å². The quantitative estimate of drug-likeness (QED) is 0.875. The van der Waals surface area contributed by atoms with Crippen LogP contribution in [0.5, 0.6) is 0 Å². The maximum absolute atomic E-state index is 11.1. The molecule has 5 heteroatoms. The molecule has 0 saturated carbocycles. The van der Waals surface area contributed by atoms with Gasteiger partial charge in [-0.05, 0) is 26.0 Å². The maximum atomic E-state index is 11.1. The Bertz CT molecular complexity index is 426. The summed E-state index contributed by atoms with van der Waals surface area (Å²) in [5.41, 5.74) is 0.879. The van der Waals surface area contributed by atoms with Crippen molar-refractivity contribution in [2.75, 3.05) is 31.1 Å². The number of rotatable bonds is 3. The molecular weight excluding hydrogens is 230 g/mol. The summed E-state index contributed by atoms with van der Waals surface area (Å²) in [5, 5.41) is 9.14. The van der Waals surface area contributed by atoms with Crippen molar-refractivity contribution >= 4 is 11.7 Å². The van der Waals surface area contributed by atoms with E-state index in [9.17, 15) is 4.79 Å². The van der Waals surface area contributed by atoms with Crippen LogP contribution >= 0.6 is 0 Å². The fourth-order valence-corrected chi connectivity index (χ4v) is 2.30. The van der Waals surface area contributed by atoms with Crippen molar-refractivity contribution in [3.8, 4) is 0 Å². The molecule has 5 nitrogen and oxygen atoms in total. The molecule has 0 amide bonds. The van der Waals surface area contributed by atoms with Crippen molar-refractivity contribution in [1.82, 2.24) is 9.88 Å². The first kappa shape index (κ1) is 12.8. The summed E-state index contributed by atoms with van der Waals surface area (Å²) in [6.45, 7) is 8.00. The lowest BCUT2D eigenvalue weighted by Crippen LogP contribution is -2.49. The van der Waals surface area contributed by atoms with Crippen molar-refractivity contribution in [1.29, 1.82) is 0 Å². The Morgan fingerprint density at radius 3 is 2.56 bits per heavy atom. The normalized spacial score (nSPS) is 17.2. The largest absolute Gasteiger partial charge is 0.476 e. The molecule has 1 aromatic rings. The van der Waals surface area contributed by atoms with E-state index in [1.54, 1.807) is 6.07 Å². The van der Waals surface area contributed by atoms with Crippen molar-refractivity contribution in [3.63, 3.8) is 0 Å². The van der Waals surface area contributed by atoms with Gasteiger partial charge in [-0.2, -0.15) is 0 Å². The minimum absolute atomic E-state index is 0.149. The molecule has 0 radical (unpaired) electrons. The van der Waals surface area contributed by atoms with Gasteiger partial charge in [-0.1, -0.05) is 0 Å². The molecule has 0 spiro atoms. The van der Waals surface area contributed by atoms with Crippen LogP contribution in [0.1, 0.15) is 24.3 Å². The molecule has 1 aromatic heterocycles. The maximum Gasteiger partial charge on any atom is 0.356 e. The highest BCUT2D eigenvalue weighted by Gasteiger charge is 2.22. The number of piperazine rings is 1. The topological polar surface area (TPSA) is 56.7 Å². The van der Waals surface area contributed by atoms with Crippen LogP contribution in [0.3, 0.4) is 0 Å². The number of aromatic nitrogens is 1. The standard InChI is InChI=1S/C13H19N3O2/c1-10(2)15-6-8-16(9-7-15)11-4-3-5-14-12(11)13(17)18/h3-5,10H,6-9H2,1-2H3,(H,17,18). The zero-order chi connectivity index (χ0) is 13.1. The summed E-state index contributed by atoms with van der Waals surface area (Å²) in [5.74, 6) is -0.961. The van der Waals surface area contributed by atoms with E-state index in [4.69, 9.17) is 5.11 Å². The fraction of sp³-hybridized carbons (Fsp3) is 0.538. The van der Waals surface area contributed by atoms with E-state index in [-0.39, 0.29) is 5.69 Å². The predicted octanol–water partition coefficient (Wildman–Crippen LogP) is 1.31. The summed E-state index contributed by atoms with van der Waals surface area (Å²) in [6, 6.07) is 4.16. The third-order valence-corrected chi connectivity index (χ3v) is 3.37. The smallest absolute Gasteiger partial charge is 0.356 e. The molecule has 2 heterocycles. The van der Waals surface area contributed by atoms with Crippen LogP contribution in [0.2, 0.25) is 0 Å². The minimum Gasteiger partial charge on any atom is -0.476 e. The molecule has 1 N–H and O–H groups in total. The monoisotopic (exact) mass is 249 g/mol. The van der Waals surface area contributed by atoms with Gasteiger partial charge in [-0.15, -0.1) is 0 Å². The zero-order valence-corrected chi connectivity index (χ0v) is 10.8. The second kappa shape index (κ2) is 5.35. The molecule has 1 saturated heterocycles. The SMILES string of the molecule is CC(C)N1CCN(c2cccnc2C(=O)O)CC1. The molecule has 0 aliphatic carbocycles. The van der Waals surface area contributed by atoms with E-state index in [1.807, 2.05) is 6.07 Å². The van der Waals surface area contributed by atoms with Crippen molar-refractivity contribution in [2.45, 2.75) is 19.9 Å². The number of carboxylic acid groups (broad SMARTS) is 1. The molecule has 2 rings (SSSR count). The van der Waals surface area contributed by atoms with Gasteiger partial charge < -0.3 is 10.0 Å². The molecule has 0 atom stereocenters. The Morgan fingerprint density at radius 1 is 1.33 bits per heavy atom. The van der Waals surface area contributed by atoms with Crippen molar-refractivity contribution in [3.05, 3.63) is 24.0 Å². The molecule has 0 aromatic carbocycles. The van der Waals surface area contributed by atoms with Crippen molar-refractivity contribution in [2.24, 2.45) is 0 Å². The summed E-state index contributed by atoms with van der Waals surface area (Å²) in [4.78, 5) is 19.6. The molecule has 1 aliphatic heterocycles. The number of nitrogens with zero attached hydrogens (tertiary/aromatic N) is 3. The Labute approximate surface area is 107 Å². The van der Waals surface area contributed by atoms with Crippen LogP contribution in [0, 0.1) is 0 Å². The first-order valence-corrected chi connectivity index (χ1v) is 6.27. The number of hydrogen-bond donors (Lipinski definition) is 1.